The van der Waals surface area contributed by atoms with E-state index in [1.54, 1.807) is 47.4 Å². The van der Waals surface area contributed by atoms with Crippen molar-refractivity contribution in [1.29, 1.82) is 0 Å². The summed E-state index contributed by atoms with van der Waals surface area (Å²) < 4.78 is 22.0. The number of nitrogens with zero attached hydrogens (tertiary/aromatic N) is 4. The number of hydrogen-bond acceptors (Lipinski definition) is 6. The summed E-state index contributed by atoms with van der Waals surface area (Å²) in [6.07, 6.45) is 5.60. The van der Waals surface area contributed by atoms with Crippen LogP contribution in [-0.2, 0) is 11.8 Å². The molecule has 5 rings (SSSR count). The van der Waals surface area contributed by atoms with E-state index in [0.717, 1.165) is 11.3 Å². The third kappa shape index (κ3) is 5.87. The zero-order chi connectivity index (χ0) is 25.9. The first-order valence-electron chi connectivity index (χ1n) is 11.4. The maximum Gasteiger partial charge on any atom is 0.323 e. The molecule has 1 aliphatic heterocycles. The van der Waals surface area contributed by atoms with Crippen LogP contribution in [0.1, 0.15) is 6.42 Å². The Labute approximate surface area is 216 Å². The van der Waals surface area contributed by atoms with Crippen LogP contribution in [0, 0.1) is 5.82 Å². The summed E-state index contributed by atoms with van der Waals surface area (Å²) >= 11 is 6.21. The highest BCUT2D eigenvalue weighted by Crippen LogP contribution is 2.30. The molecule has 0 radical (unpaired) electrons. The van der Waals surface area contributed by atoms with Crippen LogP contribution in [-0.4, -0.2) is 39.7 Å². The van der Waals surface area contributed by atoms with Crippen molar-refractivity contribution in [3.63, 3.8) is 0 Å². The fourth-order valence-electron chi connectivity index (χ4n) is 3.95. The largest absolute Gasteiger partial charge is 0.457 e. The van der Waals surface area contributed by atoms with E-state index in [1.165, 1.54) is 18.2 Å². The molecule has 2 aromatic carbocycles. The highest BCUT2D eigenvalue weighted by Gasteiger charge is 2.20. The Kier molecular flexibility index (Phi) is 6.74. The molecule has 1 aliphatic rings. The number of Topliss-reactive ketones (excluding diaryl/α,β-unsaturated/α-hetero) is 1. The maximum atomic E-state index is 14.5. The zero-order valence-electron chi connectivity index (χ0n) is 19.7. The fourth-order valence-corrected chi connectivity index (χ4v) is 4.18. The van der Waals surface area contributed by atoms with E-state index in [0.29, 0.717) is 47.4 Å². The maximum absolute atomic E-state index is 14.5. The first-order chi connectivity index (χ1) is 17.8. The number of rotatable bonds is 6. The van der Waals surface area contributed by atoms with Gasteiger partial charge >= 0.3 is 6.03 Å². The van der Waals surface area contributed by atoms with E-state index in [-0.39, 0.29) is 11.5 Å². The first-order valence-corrected chi connectivity index (χ1v) is 11.8. The van der Waals surface area contributed by atoms with Crippen molar-refractivity contribution in [1.82, 2.24) is 14.8 Å². The van der Waals surface area contributed by atoms with E-state index < -0.39 is 11.8 Å². The molecule has 9 nitrogen and oxygen atoms in total. The van der Waals surface area contributed by atoms with Crippen LogP contribution < -0.4 is 20.3 Å². The Morgan fingerprint density at radius 1 is 1.11 bits per heavy atom. The molecular weight excluding hydrogens is 499 g/mol. The number of amides is 2. The van der Waals surface area contributed by atoms with Crippen molar-refractivity contribution in [3.8, 4) is 22.8 Å². The van der Waals surface area contributed by atoms with Crippen LogP contribution in [0.25, 0.3) is 11.3 Å². The number of hydrogen-bond donors (Lipinski definition) is 2. The van der Waals surface area contributed by atoms with E-state index in [9.17, 15) is 14.0 Å². The molecule has 0 saturated carbocycles. The summed E-state index contributed by atoms with van der Waals surface area (Å²) in [7, 11) is 1.81. The van der Waals surface area contributed by atoms with E-state index in [1.807, 2.05) is 18.1 Å². The lowest BCUT2D eigenvalue weighted by Gasteiger charge is -2.18. The number of ketones is 1. The van der Waals surface area contributed by atoms with Gasteiger partial charge in [0.05, 0.1) is 24.1 Å². The lowest BCUT2D eigenvalue weighted by Crippen LogP contribution is -2.22. The van der Waals surface area contributed by atoms with Gasteiger partial charge in [0.15, 0.2) is 5.78 Å². The summed E-state index contributed by atoms with van der Waals surface area (Å²) in [4.78, 5) is 30.5. The van der Waals surface area contributed by atoms with Crippen molar-refractivity contribution < 1.29 is 18.7 Å². The Morgan fingerprint density at radius 3 is 2.70 bits per heavy atom. The number of benzene rings is 2. The highest BCUT2D eigenvalue weighted by atomic mass is 35.5. The second kappa shape index (κ2) is 10.3. The van der Waals surface area contributed by atoms with E-state index in [4.69, 9.17) is 16.3 Å². The molecule has 0 bridgehead atoms. The van der Waals surface area contributed by atoms with Crippen LogP contribution in [0.2, 0.25) is 5.02 Å². The minimum atomic E-state index is -0.662. The molecule has 1 fully saturated rings. The predicted molar refractivity (Wildman–Crippen MR) is 139 cm³/mol. The quantitative estimate of drug-likeness (QED) is 0.348. The highest BCUT2D eigenvalue weighted by molar-refractivity contribution is 6.31. The molecule has 2 aromatic heterocycles. The zero-order valence-corrected chi connectivity index (χ0v) is 20.5. The number of pyridine rings is 1. The molecule has 1 saturated heterocycles. The molecule has 2 N–H and O–H groups in total. The summed E-state index contributed by atoms with van der Waals surface area (Å²) in [5.41, 5.74) is 2.56. The average Bonchev–Trinajstić information content (AvgIpc) is 3.49. The number of carbonyl (C=O) groups is 2. The topological polar surface area (TPSA) is 101 Å². The Hall–Kier alpha value is -4.44. The average molecular weight is 521 g/mol. The molecule has 0 atom stereocenters. The number of aryl methyl sites for hydroxylation is 1. The third-order valence-corrected chi connectivity index (χ3v) is 5.91. The number of urea groups is 1. The summed E-state index contributed by atoms with van der Waals surface area (Å²) in [6, 6.07) is 11.8. The summed E-state index contributed by atoms with van der Waals surface area (Å²) in [6.45, 7) is 0.884. The van der Waals surface area contributed by atoms with E-state index in [2.05, 4.69) is 20.7 Å². The van der Waals surface area contributed by atoms with Gasteiger partial charge in [-0.1, -0.05) is 11.6 Å². The first kappa shape index (κ1) is 24.3. The van der Waals surface area contributed by atoms with Gasteiger partial charge in [-0.2, -0.15) is 5.10 Å². The third-order valence-electron chi connectivity index (χ3n) is 5.69. The number of anilines is 3. The monoisotopic (exact) mass is 520 g/mol. The van der Waals surface area contributed by atoms with Crippen molar-refractivity contribution in [2.75, 3.05) is 28.6 Å². The molecule has 4 aromatic rings. The van der Waals surface area contributed by atoms with Gasteiger partial charge in [0.2, 0.25) is 0 Å². The van der Waals surface area contributed by atoms with Gasteiger partial charge in [-0.3, -0.25) is 14.5 Å². The molecule has 2 amide bonds. The second-order valence-corrected chi connectivity index (χ2v) is 8.95. The van der Waals surface area contributed by atoms with Crippen LogP contribution in [0.15, 0.2) is 67.1 Å². The lowest BCUT2D eigenvalue weighted by molar-refractivity contribution is -0.116. The molecule has 0 spiro atoms. The molecule has 0 aliphatic carbocycles. The Bertz CT molecular complexity index is 1490. The van der Waals surface area contributed by atoms with Crippen molar-refractivity contribution in [2.24, 2.45) is 7.05 Å². The van der Waals surface area contributed by atoms with E-state index >= 15 is 0 Å². The number of aromatic nitrogens is 3. The minimum Gasteiger partial charge on any atom is -0.457 e. The fraction of sp³-hybridized carbons (Fsp3) is 0.154. The standard InChI is InChI=1S/C26H22ClFN6O3/c1-33-14-16(13-30-33)24-11-22(4-6-29-24)37-21-2-3-23(28)25(12-21)32-26(36)31-18-8-17(27)9-19(10-18)34-7-5-20(35)15-34/h2-4,6,8-14H,5,7,15H2,1H3,(H2,31,32,36). The molecule has 11 heteroatoms. The number of nitrogens with one attached hydrogen (secondary N) is 2. The Balaban J connectivity index is 1.28. The summed E-state index contributed by atoms with van der Waals surface area (Å²) in [5.74, 6) is 0.326. The molecule has 37 heavy (non-hydrogen) atoms. The number of carbonyl (C=O) groups excluding carboxylic acids is 2. The van der Waals surface area contributed by atoms with Crippen LogP contribution >= 0.6 is 11.6 Å². The van der Waals surface area contributed by atoms with Gasteiger partial charge in [-0.25, -0.2) is 9.18 Å². The van der Waals surface area contributed by atoms with Gasteiger partial charge in [-0.05, 0) is 36.4 Å². The van der Waals surface area contributed by atoms with Gasteiger partial charge in [0.1, 0.15) is 17.3 Å². The molecule has 3 heterocycles. The molecular formula is C26H22ClFN6O3. The predicted octanol–water partition coefficient (Wildman–Crippen LogP) is 5.49. The smallest absolute Gasteiger partial charge is 0.323 e. The number of ether oxygens (including phenoxy) is 1. The van der Waals surface area contributed by atoms with Crippen LogP contribution in [0.3, 0.4) is 0 Å². The minimum absolute atomic E-state index is 0.0658. The molecule has 188 valence electrons. The molecule has 0 unspecified atom stereocenters. The SMILES string of the molecule is Cn1cc(-c2cc(Oc3ccc(F)c(NC(=O)Nc4cc(Cl)cc(N5CCC(=O)C5)c4)c3)ccn2)cn1. The summed E-state index contributed by atoms with van der Waals surface area (Å²) in [5, 5.41) is 9.70. The van der Waals surface area contributed by atoms with Gasteiger partial charge in [0, 0.05) is 66.5 Å². The number of halogens is 2. The second-order valence-electron chi connectivity index (χ2n) is 8.51. The van der Waals surface area contributed by atoms with Crippen molar-refractivity contribution in [2.45, 2.75) is 6.42 Å². The van der Waals surface area contributed by atoms with Crippen LogP contribution in [0.4, 0.5) is 26.2 Å². The van der Waals surface area contributed by atoms with Crippen molar-refractivity contribution in [3.05, 3.63) is 78.0 Å². The van der Waals surface area contributed by atoms with Gasteiger partial charge in [0.25, 0.3) is 0 Å². The van der Waals surface area contributed by atoms with Crippen LogP contribution in [0.5, 0.6) is 11.5 Å². The Morgan fingerprint density at radius 2 is 1.95 bits per heavy atom. The van der Waals surface area contributed by atoms with Gasteiger partial charge in [-0.15, -0.1) is 0 Å². The van der Waals surface area contributed by atoms with Crippen molar-refractivity contribution >= 4 is 40.5 Å². The normalized spacial score (nSPS) is 13.1. The van der Waals surface area contributed by atoms with Gasteiger partial charge < -0.3 is 20.3 Å². The lowest BCUT2D eigenvalue weighted by atomic mass is 10.2.